The number of nitrogens with zero attached hydrogens (tertiary/aromatic N) is 1. The molecule has 0 aliphatic rings. The van der Waals surface area contributed by atoms with Crippen molar-refractivity contribution in [3.8, 4) is 0 Å². The number of benzene rings is 1. The summed E-state index contributed by atoms with van der Waals surface area (Å²) in [7, 11) is 3.36. The van der Waals surface area contributed by atoms with Crippen molar-refractivity contribution < 1.29 is 13.9 Å². The fourth-order valence-corrected chi connectivity index (χ4v) is 2.27. The number of nitrogens with two attached hydrogens (primary N) is 1. The van der Waals surface area contributed by atoms with Gasteiger partial charge in [0.2, 0.25) is 0 Å². The van der Waals surface area contributed by atoms with Crippen molar-refractivity contribution in [3.63, 3.8) is 0 Å². The van der Waals surface area contributed by atoms with E-state index in [-0.39, 0.29) is 10.8 Å². The minimum Gasteiger partial charge on any atom is -0.389 e. The normalized spacial score (nSPS) is 11.0. The maximum absolute atomic E-state index is 13.3. The first kappa shape index (κ1) is 18.0. The summed E-state index contributed by atoms with van der Waals surface area (Å²) in [5.41, 5.74) is 7.21. The first-order chi connectivity index (χ1) is 10.1. The molecule has 0 spiro atoms. The van der Waals surface area contributed by atoms with Crippen molar-refractivity contribution in [2.45, 2.75) is 13.0 Å². The predicted octanol–water partition coefficient (Wildman–Crippen LogP) is 1.94. The van der Waals surface area contributed by atoms with Crippen molar-refractivity contribution in [2.75, 3.05) is 40.5 Å². The van der Waals surface area contributed by atoms with E-state index in [0.717, 1.165) is 25.1 Å². The van der Waals surface area contributed by atoms with Crippen LogP contribution in [0.15, 0.2) is 18.2 Å². The van der Waals surface area contributed by atoms with Crippen LogP contribution in [-0.2, 0) is 16.0 Å². The third kappa shape index (κ3) is 6.48. The predicted molar refractivity (Wildman–Crippen MR) is 85.9 cm³/mol. The Kier molecular flexibility index (Phi) is 8.37. The topological polar surface area (TPSA) is 47.7 Å². The molecule has 2 N–H and O–H groups in total. The van der Waals surface area contributed by atoms with Gasteiger partial charge in [-0.15, -0.1) is 0 Å². The Balaban J connectivity index is 2.78. The molecular formula is C15H23FN2O2S. The van der Waals surface area contributed by atoms with Gasteiger partial charge >= 0.3 is 0 Å². The third-order valence-electron chi connectivity index (χ3n) is 3.17. The molecule has 0 aliphatic carbocycles. The van der Waals surface area contributed by atoms with Gasteiger partial charge < -0.3 is 15.2 Å². The Morgan fingerprint density at radius 1 is 1.24 bits per heavy atom. The second-order valence-electron chi connectivity index (χ2n) is 4.78. The molecule has 0 aromatic heterocycles. The van der Waals surface area contributed by atoms with Crippen LogP contribution in [0.4, 0.5) is 4.39 Å². The number of hydrogen-bond donors (Lipinski definition) is 1. The second-order valence-corrected chi connectivity index (χ2v) is 5.22. The minimum atomic E-state index is -0.329. The number of thiocarbonyl (C=S) groups is 1. The molecule has 4 nitrogen and oxygen atoms in total. The number of methoxy groups -OCH3 is 2. The summed E-state index contributed by atoms with van der Waals surface area (Å²) < 4.78 is 23.5. The summed E-state index contributed by atoms with van der Waals surface area (Å²) in [6, 6.07) is 4.56. The monoisotopic (exact) mass is 314 g/mol. The molecule has 1 rings (SSSR count). The Morgan fingerprint density at radius 3 is 2.57 bits per heavy atom. The SMILES string of the molecule is COCCCN(CCOC)Cc1ccc(F)cc1C(N)=S. The molecule has 0 radical (unpaired) electrons. The Hall–Kier alpha value is -1.08. The molecule has 0 saturated heterocycles. The summed E-state index contributed by atoms with van der Waals surface area (Å²) in [4.78, 5) is 2.44. The molecule has 6 heteroatoms. The number of ether oxygens (including phenoxy) is 2. The Labute approximate surface area is 131 Å². The molecule has 0 aliphatic heterocycles. The highest BCUT2D eigenvalue weighted by molar-refractivity contribution is 7.80. The highest BCUT2D eigenvalue weighted by atomic mass is 32.1. The fourth-order valence-electron chi connectivity index (χ4n) is 2.08. The largest absolute Gasteiger partial charge is 0.389 e. The Bertz CT molecular complexity index is 457. The van der Waals surface area contributed by atoms with Crippen molar-refractivity contribution in [1.29, 1.82) is 0 Å². The first-order valence-electron chi connectivity index (χ1n) is 6.87. The summed E-state index contributed by atoms with van der Waals surface area (Å²) in [6.07, 6.45) is 0.920. The van der Waals surface area contributed by atoms with Crippen LogP contribution in [0.5, 0.6) is 0 Å². The molecule has 0 bridgehead atoms. The van der Waals surface area contributed by atoms with Gasteiger partial charge in [0, 0.05) is 46.0 Å². The van der Waals surface area contributed by atoms with Gasteiger partial charge in [0.25, 0.3) is 0 Å². The average Bonchev–Trinajstić information content (AvgIpc) is 2.46. The second kappa shape index (κ2) is 9.78. The van der Waals surface area contributed by atoms with E-state index in [1.807, 2.05) is 0 Å². The fraction of sp³-hybridized carbons (Fsp3) is 0.533. The zero-order valence-corrected chi connectivity index (χ0v) is 13.4. The van der Waals surface area contributed by atoms with Gasteiger partial charge in [0.15, 0.2) is 0 Å². The van der Waals surface area contributed by atoms with Crippen LogP contribution in [0.2, 0.25) is 0 Å². The zero-order chi connectivity index (χ0) is 15.7. The zero-order valence-electron chi connectivity index (χ0n) is 12.6. The van der Waals surface area contributed by atoms with E-state index in [0.29, 0.717) is 25.3 Å². The van der Waals surface area contributed by atoms with Crippen LogP contribution in [-0.4, -0.2) is 50.4 Å². The highest BCUT2D eigenvalue weighted by Gasteiger charge is 2.11. The molecule has 0 amide bonds. The van der Waals surface area contributed by atoms with Crippen LogP contribution in [0, 0.1) is 5.82 Å². The van der Waals surface area contributed by atoms with Crippen LogP contribution < -0.4 is 5.73 Å². The van der Waals surface area contributed by atoms with Gasteiger partial charge in [-0.25, -0.2) is 4.39 Å². The van der Waals surface area contributed by atoms with Crippen molar-refractivity contribution in [3.05, 3.63) is 35.1 Å². The summed E-state index contributed by atoms with van der Waals surface area (Å²) in [5.74, 6) is -0.329. The third-order valence-corrected chi connectivity index (χ3v) is 3.39. The lowest BCUT2D eigenvalue weighted by atomic mass is 10.1. The minimum absolute atomic E-state index is 0.216. The molecule has 0 heterocycles. The van der Waals surface area contributed by atoms with E-state index in [1.54, 1.807) is 20.3 Å². The van der Waals surface area contributed by atoms with Crippen molar-refractivity contribution in [1.82, 2.24) is 4.90 Å². The van der Waals surface area contributed by atoms with Gasteiger partial charge in [-0.1, -0.05) is 18.3 Å². The quantitative estimate of drug-likeness (QED) is 0.528. The van der Waals surface area contributed by atoms with Gasteiger partial charge in [-0.3, -0.25) is 4.90 Å². The van der Waals surface area contributed by atoms with E-state index in [2.05, 4.69) is 4.90 Å². The molecule has 0 atom stereocenters. The van der Waals surface area contributed by atoms with E-state index < -0.39 is 0 Å². The molecule has 1 aromatic rings. The van der Waals surface area contributed by atoms with Crippen molar-refractivity contribution >= 4 is 17.2 Å². The van der Waals surface area contributed by atoms with Gasteiger partial charge in [-0.05, 0) is 24.1 Å². The Morgan fingerprint density at radius 2 is 1.95 bits per heavy atom. The molecule has 0 unspecified atom stereocenters. The number of hydrogen-bond acceptors (Lipinski definition) is 4. The van der Waals surface area contributed by atoms with E-state index >= 15 is 0 Å². The maximum atomic E-state index is 13.3. The van der Waals surface area contributed by atoms with Gasteiger partial charge in [0.05, 0.1) is 6.61 Å². The maximum Gasteiger partial charge on any atom is 0.123 e. The van der Waals surface area contributed by atoms with E-state index in [4.69, 9.17) is 27.4 Å². The summed E-state index contributed by atoms with van der Waals surface area (Å²) in [6.45, 7) is 3.64. The molecule has 0 saturated carbocycles. The summed E-state index contributed by atoms with van der Waals surface area (Å²) >= 11 is 5.00. The molecular weight excluding hydrogens is 291 g/mol. The van der Waals surface area contributed by atoms with Crippen LogP contribution in [0.3, 0.4) is 0 Å². The lowest BCUT2D eigenvalue weighted by Gasteiger charge is -2.23. The number of halogens is 1. The van der Waals surface area contributed by atoms with Crippen LogP contribution in [0.1, 0.15) is 17.5 Å². The van der Waals surface area contributed by atoms with Gasteiger partial charge in [-0.2, -0.15) is 0 Å². The van der Waals surface area contributed by atoms with E-state index in [9.17, 15) is 4.39 Å². The average molecular weight is 314 g/mol. The molecule has 21 heavy (non-hydrogen) atoms. The van der Waals surface area contributed by atoms with Crippen LogP contribution >= 0.6 is 12.2 Å². The van der Waals surface area contributed by atoms with E-state index in [1.165, 1.54) is 12.1 Å². The lowest BCUT2D eigenvalue weighted by molar-refractivity contribution is 0.129. The molecule has 1 aromatic carbocycles. The highest BCUT2D eigenvalue weighted by Crippen LogP contribution is 2.14. The standard InChI is InChI=1S/C15H23FN2O2S/c1-19-8-3-6-18(7-9-20-2)11-12-4-5-13(16)10-14(12)15(17)21/h4-5,10H,3,6-9,11H2,1-2H3,(H2,17,21). The summed E-state index contributed by atoms with van der Waals surface area (Å²) in [5, 5.41) is 0. The molecule has 0 fully saturated rings. The molecule has 118 valence electrons. The smallest absolute Gasteiger partial charge is 0.123 e. The van der Waals surface area contributed by atoms with Gasteiger partial charge in [0.1, 0.15) is 10.8 Å². The lowest BCUT2D eigenvalue weighted by Crippen LogP contribution is -2.30. The van der Waals surface area contributed by atoms with Crippen LogP contribution in [0.25, 0.3) is 0 Å². The van der Waals surface area contributed by atoms with Crippen molar-refractivity contribution in [2.24, 2.45) is 5.73 Å². The number of rotatable bonds is 10. The first-order valence-corrected chi connectivity index (χ1v) is 7.27.